The Morgan fingerprint density at radius 2 is 2.06 bits per heavy atom. The van der Waals surface area contributed by atoms with Gasteiger partial charge in [-0.15, -0.1) is 0 Å². The third-order valence-corrected chi connectivity index (χ3v) is 3.19. The number of carboxylic acid groups (broad SMARTS) is 1. The molecule has 0 saturated carbocycles. The molecule has 2 N–H and O–H groups in total. The van der Waals surface area contributed by atoms with Gasteiger partial charge in [-0.05, 0) is 6.42 Å². The van der Waals surface area contributed by atoms with Crippen LogP contribution < -0.4 is 5.32 Å². The van der Waals surface area contributed by atoms with E-state index in [0.717, 1.165) is 23.5 Å². The van der Waals surface area contributed by atoms with Crippen molar-refractivity contribution in [2.24, 2.45) is 0 Å². The third kappa shape index (κ3) is 7.70. The third-order valence-electron chi connectivity index (χ3n) is 1.60. The van der Waals surface area contributed by atoms with Crippen molar-refractivity contribution < 1.29 is 19.5 Å². The fourth-order valence-electron chi connectivity index (χ4n) is 0.880. The molecule has 1 atom stereocenters. The van der Waals surface area contributed by atoms with Gasteiger partial charge < -0.3 is 10.4 Å². The molecule has 0 aliphatic carbocycles. The van der Waals surface area contributed by atoms with Gasteiger partial charge in [0, 0.05) is 24.4 Å². The second kappa shape index (κ2) is 8.58. The van der Waals surface area contributed by atoms with Crippen LogP contribution in [0.1, 0.15) is 19.8 Å². The average molecular weight is 312 g/mol. The molecule has 0 fully saturated rings. The summed E-state index contributed by atoms with van der Waals surface area (Å²) in [4.78, 5) is 32.7. The number of hydrogen-bond donors (Lipinski definition) is 2. The maximum Gasteiger partial charge on any atom is 0.327 e. The van der Waals surface area contributed by atoms with Crippen molar-refractivity contribution in [3.8, 4) is 0 Å². The highest BCUT2D eigenvalue weighted by atomic mass is 79.9. The Kier molecular flexibility index (Phi) is 8.28. The van der Waals surface area contributed by atoms with Crippen LogP contribution in [0.4, 0.5) is 0 Å². The van der Waals surface area contributed by atoms with E-state index in [2.05, 4.69) is 21.2 Å². The zero-order valence-electron chi connectivity index (χ0n) is 8.86. The van der Waals surface area contributed by atoms with Gasteiger partial charge in [0.1, 0.15) is 6.04 Å². The first kappa shape index (κ1) is 15.4. The van der Waals surface area contributed by atoms with Gasteiger partial charge in [0.2, 0.25) is 5.91 Å². The number of alkyl halides is 1. The predicted octanol–water partition coefficient (Wildman–Crippen LogP) is 1.01. The van der Waals surface area contributed by atoms with Gasteiger partial charge in [0.15, 0.2) is 5.12 Å². The molecule has 5 nitrogen and oxygen atoms in total. The molecule has 0 rings (SSSR count). The fourth-order valence-corrected chi connectivity index (χ4v) is 2.03. The lowest BCUT2D eigenvalue weighted by molar-refractivity contribution is -0.140. The summed E-state index contributed by atoms with van der Waals surface area (Å²) in [6, 6.07) is -1.00. The lowest BCUT2D eigenvalue weighted by Crippen LogP contribution is -2.41. The average Bonchev–Trinajstić information content (AvgIpc) is 2.20. The van der Waals surface area contributed by atoms with Gasteiger partial charge in [0.05, 0.1) is 0 Å². The van der Waals surface area contributed by atoms with Gasteiger partial charge in [-0.25, -0.2) is 4.79 Å². The van der Waals surface area contributed by atoms with Crippen LogP contribution in [0.25, 0.3) is 0 Å². The van der Waals surface area contributed by atoms with E-state index in [1.54, 1.807) is 0 Å². The van der Waals surface area contributed by atoms with Gasteiger partial charge in [-0.2, -0.15) is 0 Å². The number of hydrogen-bond acceptors (Lipinski definition) is 4. The van der Waals surface area contributed by atoms with E-state index in [4.69, 9.17) is 5.11 Å². The molecule has 0 aromatic heterocycles. The van der Waals surface area contributed by atoms with Crippen molar-refractivity contribution >= 4 is 44.7 Å². The topological polar surface area (TPSA) is 83.5 Å². The maximum absolute atomic E-state index is 11.3. The van der Waals surface area contributed by atoms with E-state index in [1.165, 1.54) is 6.92 Å². The van der Waals surface area contributed by atoms with Crippen molar-refractivity contribution in [2.45, 2.75) is 25.8 Å². The summed E-state index contributed by atoms with van der Waals surface area (Å²) in [6.45, 7) is 1.24. The van der Waals surface area contributed by atoms with Crippen LogP contribution in [0.3, 0.4) is 0 Å². The molecule has 0 bridgehead atoms. The molecule has 0 heterocycles. The zero-order chi connectivity index (χ0) is 12.6. The largest absolute Gasteiger partial charge is 0.480 e. The summed E-state index contributed by atoms with van der Waals surface area (Å²) in [5.74, 6) is -1.48. The summed E-state index contributed by atoms with van der Waals surface area (Å²) >= 11 is 4.14. The molecular weight excluding hydrogens is 298 g/mol. The van der Waals surface area contributed by atoms with Gasteiger partial charge in [-0.3, -0.25) is 9.59 Å². The minimum absolute atomic E-state index is 0.0592. The Morgan fingerprint density at radius 3 is 2.50 bits per heavy atom. The Morgan fingerprint density at radius 1 is 1.44 bits per heavy atom. The molecule has 0 aromatic rings. The van der Waals surface area contributed by atoms with E-state index in [0.29, 0.717) is 6.42 Å². The van der Waals surface area contributed by atoms with Gasteiger partial charge >= 0.3 is 5.97 Å². The molecule has 16 heavy (non-hydrogen) atoms. The van der Waals surface area contributed by atoms with Crippen LogP contribution in [-0.2, 0) is 14.4 Å². The van der Waals surface area contributed by atoms with E-state index >= 15 is 0 Å². The van der Waals surface area contributed by atoms with Crippen molar-refractivity contribution in [3.63, 3.8) is 0 Å². The highest BCUT2D eigenvalue weighted by Crippen LogP contribution is 2.10. The van der Waals surface area contributed by atoms with E-state index in [1.807, 2.05) is 0 Å². The summed E-state index contributed by atoms with van der Waals surface area (Å²) in [5, 5.41) is 11.7. The first-order valence-electron chi connectivity index (χ1n) is 4.69. The number of carbonyl (C=O) groups excluding carboxylic acids is 2. The molecule has 7 heteroatoms. The second-order valence-corrected chi connectivity index (χ2v) is 4.94. The van der Waals surface area contributed by atoms with Crippen LogP contribution in [0.5, 0.6) is 0 Å². The molecule has 1 amide bonds. The lowest BCUT2D eigenvalue weighted by Gasteiger charge is -2.11. The number of halogens is 1. The number of thioether (sulfide) groups is 1. The molecule has 0 aromatic carbocycles. The van der Waals surface area contributed by atoms with Gasteiger partial charge in [0.25, 0.3) is 0 Å². The Bertz CT molecular complexity index is 272. The van der Waals surface area contributed by atoms with Crippen LogP contribution >= 0.6 is 27.7 Å². The first-order valence-corrected chi connectivity index (χ1v) is 6.79. The molecule has 0 aliphatic rings. The number of amides is 1. The van der Waals surface area contributed by atoms with Crippen LogP contribution in [-0.4, -0.2) is 39.2 Å². The smallest absolute Gasteiger partial charge is 0.327 e. The van der Waals surface area contributed by atoms with E-state index in [9.17, 15) is 14.4 Å². The minimum Gasteiger partial charge on any atom is -0.480 e. The van der Waals surface area contributed by atoms with Crippen molar-refractivity contribution in [3.05, 3.63) is 0 Å². The summed E-state index contributed by atoms with van der Waals surface area (Å²) in [5.41, 5.74) is 0. The summed E-state index contributed by atoms with van der Waals surface area (Å²) in [6.07, 6.45) is 1.13. The van der Waals surface area contributed by atoms with Gasteiger partial charge in [-0.1, -0.05) is 27.7 Å². The molecule has 0 radical (unpaired) electrons. The fraction of sp³-hybridized carbons (Fsp3) is 0.667. The monoisotopic (exact) mass is 311 g/mol. The Labute approximate surface area is 106 Å². The summed E-state index contributed by atoms with van der Waals surface area (Å²) < 4.78 is 0. The minimum atomic E-state index is -1.13. The molecular formula is C9H14BrNO4S. The summed E-state index contributed by atoms with van der Waals surface area (Å²) in [7, 11) is 0. The SMILES string of the molecule is CC(=O)N[C@@H](CSC(=O)CCCBr)C(=O)O. The molecule has 92 valence electrons. The molecule has 0 aliphatic heterocycles. The highest BCUT2D eigenvalue weighted by molar-refractivity contribution is 9.09. The Hall–Kier alpha value is -0.560. The van der Waals surface area contributed by atoms with Crippen LogP contribution in [0, 0.1) is 0 Å². The normalized spacial score (nSPS) is 11.9. The van der Waals surface area contributed by atoms with Crippen molar-refractivity contribution in [1.29, 1.82) is 0 Å². The molecule has 0 spiro atoms. The second-order valence-electron chi connectivity index (χ2n) is 3.07. The lowest BCUT2D eigenvalue weighted by atomic mass is 10.3. The maximum atomic E-state index is 11.3. The number of aliphatic carboxylic acids is 1. The Balaban J connectivity index is 3.97. The van der Waals surface area contributed by atoms with Crippen molar-refractivity contribution in [1.82, 2.24) is 5.32 Å². The van der Waals surface area contributed by atoms with Crippen LogP contribution in [0.15, 0.2) is 0 Å². The number of rotatable bonds is 7. The zero-order valence-corrected chi connectivity index (χ0v) is 11.3. The quantitative estimate of drug-likeness (QED) is 0.686. The predicted molar refractivity (Wildman–Crippen MR) is 65.7 cm³/mol. The van der Waals surface area contributed by atoms with E-state index < -0.39 is 17.9 Å². The number of nitrogens with one attached hydrogen (secondary N) is 1. The first-order chi connectivity index (χ1) is 7.47. The van der Waals surface area contributed by atoms with Crippen molar-refractivity contribution in [2.75, 3.05) is 11.1 Å². The standard InChI is InChI=1S/C9H14BrNO4S/c1-6(12)11-7(9(14)15)5-16-8(13)3-2-4-10/h7H,2-5H2,1H3,(H,11,12)(H,14,15)/t7-/m0/s1. The number of carboxylic acids is 1. The van der Waals surface area contributed by atoms with Crippen LogP contribution in [0.2, 0.25) is 0 Å². The molecule has 0 saturated heterocycles. The molecule has 0 unspecified atom stereocenters. The highest BCUT2D eigenvalue weighted by Gasteiger charge is 2.19. The number of carbonyl (C=O) groups is 3. The van der Waals surface area contributed by atoms with E-state index in [-0.39, 0.29) is 10.9 Å².